The summed E-state index contributed by atoms with van der Waals surface area (Å²) < 4.78 is 51.3. The maximum absolute atomic E-state index is 13.8. The minimum Gasteiger partial charge on any atom is -0.480 e. The van der Waals surface area contributed by atoms with Crippen LogP contribution in [0.1, 0.15) is 58.9 Å². The minimum absolute atomic E-state index is 0.160. The lowest BCUT2D eigenvalue weighted by Gasteiger charge is -2.24. The molecule has 0 unspecified atom stereocenters. The number of esters is 1. The molecule has 46 heavy (non-hydrogen) atoms. The van der Waals surface area contributed by atoms with Crippen molar-refractivity contribution in [2.75, 3.05) is 26.1 Å². The number of amides is 1. The quantitative estimate of drug-likeness (QED) is 0.259. The fourth-order valence-corrected chi connectivity index (χ4v) is 5.58. The van der Waals surface area contributed by atoms with E-state index in [0.717, 1.165) is 30.3 Å². The van der Waals surface area contributed by atoms with Gasteiger partial charge in [0.25, 0.3) is 5.91 Å². The highest BCUT2D eigenvalue weighted by Crippen LogP contribution is 2.45. The number of hydrogen-bond donors (Lipinski definition) is 1. The number of nitrogens with zero attached hydrogens (tertiary/aromatic N) is 7. The van der Waals surface area contributed by atoms with Gasteiger partial charge in [-0.05, 0) is 31.2 Å². The summed E-state index contributed by atoms with van der Waals surface area (Å²) >= 11 is 0. The number of alkyl halides is 3. The Morgan fingerprint density at radius 3 is 2.46 bits per heavy atom. The van der Waals surface area contributed by atoms with Crippen LogP contribution in [0.25, 0.3) is 22.8 Å². The molecule has 0 spiro atoms. The van der Waals surface area contributed by atoms with E-state index in [1.165, 1.54) is 43.3 Å². The Morgan fingerprint density at radius 1 is 1.04 bits per heavy atom. The Balaban J connectivity index is 1.32. The molecule has 4 aromatic rings. The Labute approximate surface area is 262 Å². The number of halogens is 3. The van der Waals surface area contributed by atoms with Crippen LogP contribution in [0.5, 0.6) is 5.88 Å². The Bertz CT molecular complexity index is 1770. The van der Waals surface area contributed by atoms with Crippen LogP contribution in [-0.4, -0.2) is 73.1 Å². The normalized spacial score (nSPS) is 16.4. The van der Waals surface area contributed by atoms with Gasteiger partial charge in [0.15, 0.2) is 11.5 Å². The lowest BCUT2D eigenvalue weighted by Crippen LogP contribution is -2.41. The van der Waals surface area contributed by atoms with Crippen molar-refractivity contribution in [1.29, 1.82) is 0 Å². The summed E-state index contributed by atoms with van der Waals surface area (Å²) in [5.74, 6) is 0.293. The summed E-state index contributed by atoms with van der Waals surface area (Å²) in [5.41, 5.74) is 1.77. The monoisotopic (exact) mass is 636 g/mol. The van der Waals surface area contributed by atoms with E-state index in [1.807, 2.05) is 0 Å². The van der Waals surface area contributed by atoms with Crippen molar-refractivity contribution in [3.8, 4) is 28.7 Å². The molecule has 0 bridgehead atoms. The third kappa shape index (κ3) is 6.08. The molecule has 0 radical (unpaired) electrons. The summed E-state index contributed by atoms with van der Waals surface area (Å²) in [6, 6.07) is 6.14. The highest BCUT2D eigenvalue weighted by Gasteiger charge is 2.38. The van der Waals surface area contributed by atoms with E-state index in [0.29, 0.717) is 36.4 Å². The van der Waals surface area contributed by atoms with Gasteiger partial charge >= 0.3 is 12.1 Å². The van der Waals surface area contributed by atoms with Crippen molar-refractivity contribution in [2.24, 2.45) is 7.05 Å². The zero-order valence-corrected chi connectivity index (χ0v) is 25.3. The van der Waals surface area contributed by atoms with E-state index >= 15 is 0 Å². The second kappa shape index (κ2) is 12.4. The molecule has 1 amide bonds. The van der Waals surface area contributed by atoms with Crippen molar-refractivity contribution in [3.63, 3.8) is 0 Å². The van der Waals surface area contributed by atoms with Gasteiger partial charge < -0.3 is 24.3 Å². The summed E-state index contributed by atoms with van der Waals surface area (Å²) in [6.07, 6.45) is 2.31. The van der Waals surface area contributed by atoms with Crippen LogP contribution in [0.15, 0.2) is 43.0 Å². The van der Waals surface area contributed by atoms with Crippen LogP contribution in [0.2, 0.25) is 0 Å². The van der Waals surface area contributed by atoms with Gasteiger partial charge in [-0.3, -0.25) is 4.79 Å². The molecule has 1 aliphatic carbocycles. The van der Waals surface area contributed by atoms with Crippen molar-refractivity contribution < 1.29 is 32.2 Å². The van der Waals surface area contributed by atoms with Crippen LogP contribution in [0.3, 0.4) is 0 Å². The molecular weight excluding hydrogens is 605 g/mol. The molecular formula is C31H31F3N8O4. The van der Waals surface area contributed by atoms with Gasteiger partial charge in [0.1, 0.15) is 35.1 Å². The topological polar surface area (TPSA) is 137 Å². The molecule has 15 heteroatoms. The summed E-state index contributed by atoms with van der Waals surface area (Å²) in [5, 5.41) is 3.23. The molecule has 1 N–H and O–H groups in total. The number of rotatable bonds is 9. The number of ether oxygens (including phenoxy) is 2. The highest BCUT2D eigenvalue weighted by atomic mass is 19.4. The van der Waals surface area contributed by atoms with E-state index in [9.17, 15) is 22.8 Å². The molecule has 1 aromatic carbocycles. The number of hydrogen-bond acceptors (Lipinski definition) is 10. The Morgan fingerprint density at radius 2 is 1.80 bits per heavy atom. The van der Waals surface area contributed by atoms with Gasteiger partial charge in [0, 0.05) is 44.0 Å². The summed E-state index contributed by atoms with van der Waals surface area (Å²) in [6.45, 7) is 0.584. The number of imidazole rings is 1. The molecule has 2 aliphatic rings. The molecule has 2 fully saturated rings. The van der Waals surface area contributed by atoms with Gasteiger partial charge in [0.05, 0.1) is 19.9 Å². The molecule has 3 aromatic heterocycles. The molecule has 1 saturated carbocycles. The van der Waals surface area contributed by atoms with Crippen LogP contribution in [0.4, 0.5) is 19.0 Å². The number of benzene rings is 1. The van der Waals surface area contributed by atoms with E-state index in [4.69, 9.17) is 14.5 Å². The first kappa shape index (κ1) is 30.9. The van der Waals surface area contributed by atoms with Crippen molar-refractivity contribution in [1.82, 2.24) is 34.4 Å². The largest absolute Gasteiger partial charge is 0.480 e. The molecule has 4 heterocycles. The number of likely N-dealkylation sites (tertiary alicyclic amines) is 1. The number of anilines is 1. The van der Waals surface area contributed by atoms with E-state index in [-0.39, 0.29) is 35.5 Å². The predicted octanol–water partition coefficient (Wildman–Crippen LogP) is 4.63. The first-order valence-electron chi connectivity index (χ1n) is 14.7. The number of aryl methyl sites for hydroxylation is 1. The maximum atomic E-state index is 13.8. The lowest BCUT2D eigenvalue weighted by molar-refractivity contribution is -0.145. The first-order chi connectivity index (χ1) is 22.1. The van der Waals surface area contributed by atoms with Gasteiger partial charge in [-0.15, -0.1) is 0 Å². The van der Waals surface area contributed by atoms with E-state index in [1.54, 1.807) is 24.3 Å². The smallest absolute Gasteiger partial charge is 0.434 e. The third-order valence-electron chi connectivity index (χ3n) is 8.07. The van der Waals surface area contributed by atoms with Crippen molar-refractivity contribution in [2.45, 2.75) is 50.4 Å². The van der Waals surface area contributed by atoms with Crippen LogP contribution in [0, 0.1) is 0 Å². The van der Waals surface area contributed by atoms with Crippen LogP contribution >= 0.6 is 0 Å². The summed E-state index contributed by atoms with van der Waals surface area (Å²) in [4.78, 5) is 49.5. The molecule has 1 saturated heterocycles. The lowest BCUT2D eigenvalue weighted by atomic mass is 10.1. The van der Waals surface area contributed by atoms with Crippen LogP contribution < -0.4 is 10.1 Å². The number of aromatic nitrogens is 6. The average Bonchev–Trinajstić information content (AvgIpc) is 3.65. The number of methoxy groups -OCH3 is 2. The van der Waals surface area contributed by atoms with Crippen LogP contribution in [-0.2, 0) is 29.3 Å². The van der Waals surface area contributed by atoms with Gasteiger partial charge in [-0.2, -0.15) is 13.2 Å². The van der Waals surface area contributed by atoms with Gasteiger partial charge in [0.2, 0.25) is 5.88 Å². The second-order valence-corrected chi connectivity index (χ2v) is 11.2. The maximum Gasteiger partial charge on any atom is 0.434 e. The van der Waals surface area contributed by atoms with Gasteiger partial charge in [-0.25, -0.2) is 29.7 Å². The van der Waals surface area contributed by atoms with Gasteiger partial charge in [-0.1, -0.05) is 24.3 Å². The van der Waals surface area contributed by atoms with Crippen molar-refractivity contribution >= 4 is 17.7 Å². The number of carbonyl (C=O) groups excluding carboxylic acids is 2. The number of nitrogens with one attached hydrogen (secondary N) is 1. The Hall–Kier alpha value is -5.08. The zero-order chi connectivity index (χ0) is 32.6. The zero-order valence-electron chi connectivity index (χ0n) is 25.3. The molecule has 12 nitrogen and oxygen atoms in total. The van der Waals surface area contributed by atoms with Crippen molar-refractivity contribution in [3.05, 3.63) is 65.5 Å². The average molecular weight is 637 g/mol. The fourth-order valence-electron chi connectivity index (χ4n) is 5.58. The molecule has 1 aliphatic heterocycles. The number of carbonyl (C=O) groups is 2. The summed E-state index contributed by atoms with van der Waals surface area (Å²) in [7, 11) is 4.29. The SMILES string of the molecule is COC(=O)[C@@H]1CCCN1C(=O)c1cnc(-c2c(OC)ncnc2C2CC2)nc1NCc1ccc(-c2nc(C(F)(F)F)cn2C)cc1. The second-order valence-electron chi connectivity index (χ2n) is 11.2. The standard InChI is InChI=1S/C31H31F3N8O4/c1-41-15-22(31(32,33)34)39-27(41)19-8-6-17(7-9-19)13-35-25-20(29(43)42-12-4-5-21(42)30(44)46-3)14-36-26(40-25)23-24(18-10-11-18)37-16-38-28(23)45-2/h6-9,14-16,18,21H,4-5,10-13H2,1-3H3,(H,35,36,40)/t21-/m0/s1. The highest BCUT2D eigenvalue weighted by molar-refractivity contribution is 6.01. The molecule has 6 rings (SSSR count). The first-order valence-corrected chi connectivity index (χ1v) is 14.7. The predicted molar refractivity (Wildman–Crippen MR) is 159 cm³/mol. The third-order valence-corrected chi connectivity index (χ3v) is 8.07. The minimum atomic E-state index is -4.55. The molecule has 1 atom stereocenters. The van der Waals surface area contributed by atoms with E-state index in [2.05, 4.69) is 25.3 Å². The molecule has 240 valence electrons. The van der Waals surface area contributed by atoms with E-state index < -0.39 is 29.8 Å². The fraction of sp³-hybridized carbons (Fsp3) is 0.387. The Kier molecular flexibility index (Phi) is 8.32.